The number of nitrogens with two attached hydrogens (primary N) is 1. The Morgan fingerprint density at radius 2 is 1.70 bits per heavy atom. The van der Waals surface area contributed by atoms with Crippen molar-refractivity contribution in [3.05, 3.63) is 74.3 Å². The molecule has 0 radical (unpaired) electrons. The van der Waals surface area contributed by atoms with Crippen LogP contribution in [0.2, 0.25) is 5.02 Å². The summed E-state index contributed by atoms with van der Waals surface area (Å²) in [5, 5.41) is 16.1. The van der Waals surface area contributed by atoms with Crippen LogP contribution >= 0.6 is 11.6 Å². The highest BCUT2D eigenvalue weighted by molar-refractivity contribution is 6.31. The van der Waals surface area contributed by atoms with Crippen molar-refractivity contribution in [1.82, 2.24) is 10.6 Å². The van der Waals surface area contributed by atoms with Crippen LogP contribution in [0.1, 0.15) is 26.3 Å². The number of hydrogen-bond donors (Lipinski definition) is 3. The molecule has 4 N–H and O–H groups in total. The van der Waals surface area contributed by atoms with E-state index < -0.39 is 22.6 Å². The lowest BCUT2D eigenvalue weighted by Crippen LogP contribution is -2.33. The zero-order chi connectivity index (χ0) is 20.0. The quantitative estimate of drug-likeness (QED) is 0.483. The number of benzene rings is 2. The van der Waals surface area contributed by atoms with Gasteiger partial charge in [0.2, 0.25) is 5.91 Å². The molecule has 0 heterocycles. The first-order valence-electron chi connectivity index (χ1n) is 7.65. The minimum absolute atomic E-state index is 0.0990. The van der Waals surface area contributed by atoms with Crippen molar-refractivity contribution in [2.75, 3.05) is 6.54 Å². The lowest BCUT2D eigenvalue weighted by atomic mass is 10.1. The lowest BCUT2D eigenvalue weighted by molar-refractivity contribution is -0.385. The largest absolute Gasteiger partial charge is 0.368 e. The van der Waals surface area contributed by atoms with Gasteiger partial charge in [0.25, 0.3) is 17.5 Å². The molecule has 0 aliphatic rings. The van der Waals surface area contributed by atoms with Gasteiger partial charge in [-0.2, -0.15) is 0 Å². The van der Waals surface area contributed by atoms with Crippen molar-refractivity contribution in [3.63, 3.8) is 0 Å². The molecular weight excluding hydrogens is 376 g/mol. The van der Waals surface area contributed by atoms with E-state index in [1.165, 1.54) is 24.3 Å². The highest BCUT2D eigenvalue weighted by Gasteiger charge is 2.20. The molecule has 9 nitrogen and oxygen atoms in total. The van der Waals surface area contributed by atoms with Gasteiger partial charge in [-0.3, -0.25) is 24.5 Å². The number of nitrogens with zero attached hydrogens (tertiary/aromatic N) is 1. The van der Waals surface area contributed by atoms with Crippen LogP contribution in [-0.4, -0.2) is 29.2 Å². The topological polar surface area (TPSA) is 144 Å². The second-order valence-electron chi connectivity index (χ2n) is 5.45. The molecule has 0 aromatic heterocycles. The van der Waals surface area contributed by atoms with Crippen LogP contribution in [0.4, 0.5) is 5.69 Å². The minimum Gasteiger partial charge on any atom is -0.368 e. The van der Waals surface area contributed by atoms with Gasteiger partial charge in [-0.25, -0.2) is 0 Å². The Kier molecular flexibility index (Phi) is 6.45. The van der Waals surface area contributed by atoms with E-state index in [4.69, 9.17) is 17.3 Å². The second kappa shape index (κ2) is 8.77. The lowest BCUT2D eigenvalue weighted by Gasteiger charge is -2.08. The zero-order valence-electron chi connectivity index (χ0n) is 13.9. The molecule has 0 unspecified atom stereocenters. The molecule has 3 amide bonds. The summed E-state index contributed by atoms with van der Waals surface area (Å²) in [6, 6.07) is 10.0. The van der Waals surface area contributed by atoms with Gasteiger partial charge in [-0.1, -0.05) is 23.7 Å². The van der Waals surface area contributed by atoms with E-state index in [1.54, 1.807) is 12.1 Å². The molecule has 2 aromatic rings. The average Bonchev–Trinajstić information content (AvgIpc) is 2.64. The number of rotatable bonds is 7. The number of carbonyl (C=O) groups is 3. The van der Waals surface area contributed by atoms with E-state index in [2.05, 4.69) is 10.6 Å². The smallest absolute Gasteiger partial charge is 0.283 e. The van der Waals surface area contributed by atoms with Gasteiger partial charge in [0, 0.05) is 23.2 Å². The first-order valence-corrected chi connectivity index (χ1v) is 8.03. The summed E-state index contributed by atoms with van der Waals surface area (Å²) in [6.07, 6.45) is 0. The number of nitro benzene ring substituents is 1. The van der Waals surface area contributed by atoms with Crippen molar-refractivity contribution >= 4 is 35.0 Å². The third kappa shape index (κ3) is 5.51. The molecule has 0 atom stereocenters. The molecule has 0 saturated heterocycles. The summed E-state index contributed by atoms with van der Waals surface area (Å²) in [7, 11) is 0. The third-order valence-corrected chi connectivity index (χ3v) is 3.73. The molecule has 0 fully saturated rings. The van der Waals surface area contributed by atoms with E-state index in [1.807, 2.05) is 0 Å². The van der Waals surface area contributed by atoms with E-state index in [-0.39, 0.29) is 29.4 Å². The SMILES string of the molecule is NC(=O)CNC(=O)c1ccc(CNC(=O)c2ccc(Cl)cc2[N+](=O)[O-])cc1. The Bertz CT molecular complexity index is 899. The molecule has 0 saturated carbocycles. The molecule has 27 heavy (non-hydrogen) atoms. The first kappa shape index (κ1) is 19.9. The van der Waals surface area contributed by atoms with Crippen molar-refractivity contribution in [2.45, 2.75) is 6.54 Å². The fourth-order valence-electron chi connectivity index (χ4n) is 2.17. The maximum absolute atomic E-state index is 12.2. The van der Waals surface area contributed by atoms with Crippen LogP contribution in [0.3, 0.4) is 0 Å². The highest BCUT2D eigenvalue weighted by Crippen LogP contribution is 2.23. The monoisotopic (exact) mass is 390 g/mol. The molecule has 0 bridgehead atoms. The second-order valence-corrected chi connectivity index (χ2v) is 5.88. The fourth-order valence-corrected chi connectivity index (χ4v) is 2.34. The van der Waals surface area contributed by atoms with Gasteiger partial charge < -0.3 is 16.4 Å². The van der Waals surface area contributed by atoms with Crippen molar-refractivity contribution in [3.8, 4) is 0 Å². The normalized spacial score (nSPS) is 10.1. The van der Waals surface area contributed by atoms with Gasteiger partial charge in [0.1, 0.15) is 5.56 Å². The standard InChI is InChI=1S/C17H15ClN4O5/c18-12-5-6-13(14(7-12)22(26)27)17(25)20-8-10-1-3-11(4-2-10)16(24)21-9-15(19)23/h1-7H,8-9H2,(H2,19,23)(H,20,25)(H,21,24). The Hall–Kier alpha value is -3.46. The van der Waals surface area contributed by atoms with E-state index in [9.17, 15) is 24.5 Å². The molecule has 0 aliphatic carbocycles. The number of halogens is 1. The Balaban J connectivity index is 2.01. The van der Waals surface area contributed by atoms with Gasteiger partial charge in [-0.15, -0.1) is 0 Å². The van der Waals surface area contributed by atoms with Crippen molar-refractivity contribution in [1.29, 1.82) is 0 Å². The number of hydrogen-bond acceptors (Lipinski definition) is 5. The fraction of sp³-hybridized carbons (Fsp3) is 0.118. The average molecular weight is 391 g/mol. The van der Waals surface area contributed by atoms with E-state index in [0.29, 0.717) is 11.1 Å². The van der Waals surface area contributed by atoms with Crippen molar-refractivity contribution in [2.24, 2.45) is 5.73 Å². The first-order chi connectivity index (χ1) is 12.8. The van der Waals surface area contributed by atoms with Crippen LogP contribution < -0.4 is 16.4 Å². The molecule has 10 heteroatoms. The number of amides is 3. The molecular formula is C17H15ClN4O5. The Morgan fingerprint density at radius 1 is 1.04 bits per heavy atom. The van der Waals surface area contributed by atoms with Crippen LogP contribution in [0.15, 0.2) is 42.5 Å². The minimum atomic E-state index is -0.680. The van der Waals surface area contributed by atoms with Crippen molar-refractivity contribution < 1.29 is 19.3 Å². The summed E-state index contributed by atoms with van der Waals surface area (Å²) in [4.78, 5) is 45.0. The van der Waals surface area contributed by atoms with Gasteiger partial charge in [0.05, 0.1) is 11.5 Å². The summed E-state index contributed by atoms with van der Waals surface area (Å²) in [5.74, 6) is -1.73. The van der Waals surface area contributed by atoms with Gasteiger partial charge >= 0.3 is 0 Å². The number of nitrogens with one attached hydrogen (secondary N) is 2. The third-order valence-electron chi connectivity index (χ3n) is 3.49. The highest BCUT2D eigenvalue weighted by atomic mass is 35.5. The maximum Gasteiger partial charge on any atom is 0.283 e. The Morgan fingerprint density at radius 3 is 2.30 bits per heavy atom. The molecule has 2 aromatic carbocycles. The maximum atomic E-state index is 12.2. The molecule has 140 valence electrons. The summed E-state index contributed by atoms with van der Waals surface area (Å²) >= 11 is 5.72. The number of carbonyl (C=O) groups excluding carboxylic acids is 3. The molecule has 0 spiro atoms. The molecule has 0 aliphatic heterocycles. The number of primary amides is 1. The summed E-state index contributed by atoms with van der Waals surface area (Å²) in [6.45, 7) is -0.168. The van der Waals surface area contributed by atoms with E-state index >= 15 is 0 Å². The molecule has 2 rings (SSSR count). The van der Waals surface area contributed by atoms with Gasteiger partial charge in [0.15, 0.2) is 0 Å². The van der Waals surface area contributed by atoms with Crippen LogP contribution in [-0.2, 0) is 11.3 Å². The summed E-state index contributed by atoms with van der Waals surface area (Å²) < 4.78 is 0. The van der Waals surface area contributed by atoms with Crippen LogP contribution in [0.5, 0.6) is 0 Å². The summed E-state index contributed by atoms with van der Waals surface area (Å²) in [5.41, 5.74) is 5.45. The van der Waals surface area contributed by atoms with Gasteiger partial charge in [-0.05, 0) is 29.8 Å². The number of nitro groups is 1. The van der Waals surface area contributed by atoms with Crippen LogP contribution in [0.25, 0.3) is 0 Å². The predicted molar refractivity (Wildman–Crippen MR) is 97.2 cm³/mol. The Labute approximate surface area is 158 Å². The van der Waals surface area contributed by atoms with Crippen LogP contribution in [0, 0.1) is 10.1 Å². The predicted octanol–water partition coefficient (Wildman–Crippen LogP) is 1.39. The zero-order valence-corrected chi connectivity index (χ0v) is 14.7. The van der Waals surface area contributed by atoms with E-state index in [0.717, 1.165) is 6.07 Å².